The minimum atomic E-state index is -0.618. The van der Waals surface area contributed by atoms with Gasteiger partial charge in [-0.25, -0.2) is 9.59 Å². The number of morpholine rings is 1. The van der Waals surface area contributed by atoms with Crippen molar-refractivity contribution in [2.75, 3.05) is 64.5 Å². The number of nitro benzene ring substituents is 1. The number of urea groups is 1. The fourth-order valence-corrected chi connectivity index (χ4v) is 3.49. The number of anilines is 1. The number of rotatable bonds is 3. The quantitative estimate of drug-likeness (QED) is 0.434. The highest BCUT2D eigenvalue weighted by Gasteiger charge is 2.28. The summed E-state index contributed by atoms with van der Waals surface area (Å²) in [5.41, 5.74) is 0.436. The predicted molar refractivity (Wildman–Crippen MR) is 101 cm³/mol. The topological polar surface area (TPSA) is 105 Å². The van der Waals surface area contributed by atoms with E-state index < -0.39 is 10.9 Å². The fourth-order valence-electron chi connectivity index (χ4n) is 3.49. The first-order valence-corrected chi connectivity index (χ1v) is 9.24. The molecule has 0 unspecified atom stereocenters. The molecule has 152 valence electrons. The van der Waals surface area contributed by atoms with Gasteiger partial charge in [-0.05, 0) is 18.6 Å². The molecule has 0 saturated carbocycles. The molecule has 2 saturated heterocycles. The van der Waals surface area contributed by atoms with E-state index in [0.29, 0.717) is 64.6 Å². The Morgan fingerprint density at radius 2 is 1.79 bits per heavy atom. The molecule has 0 radical (unpaired) electrons. The summed E-state index contributed by atoms with van der Waals surface area (Å²) in [6.45, 7) is 4.40. The molecule has 0 aliphatic carbocycles. The highest BCUT2D eigenvalue weighted by atomic mass is 16.6. The third-order valence-electron chi connectivity index (χ3n) is 4.98. The summed E-state index contributed by atoms with van der Waals surface area (Å²) >= 11 is 0. The third-order valence-corrected chi connectivity index (χ3v) is 4.98. The molecule has 10 nitrogen and oxygen atoms in total. The number of nitrogens with zero attached hydrogens (tertiary/aromatic N) is 4. The average molecular weight is 392 g/mol. The van der Waals surface area contributed by atoms with Gasteiger partial charge in [0.25, 0.3) is 5.69 Å². The van der Waals surface area contributed by atoms with Crippen LogP contribution in [0.4, 0.5) is 16.2 Å². The van der Waals surface area contributed by atoms with Crippen molar-refractivity contribution in [1.82, 2.24) is 9.80 Å². The Morgan fingerprint density at radius 3 is 2.46 bits per heavy atom. The second-order valence-electron chi connectivity index (χ2n) is 6.66. The van der Waals surface area contributed by atoms with Crippen molar-refractivity contribution in [3.63, 3.8) is 0 Å². The maximum Gasteiger partial charge on any atom is 0.338 e. The molecule has 0 bridgehead atoms. The zero-order valence-corrected chi connectivity index (χ0v) is 15.8. The van der Waals surface area contributed by atoms with Crippen LogP contribution in [0.25, 0.3) is 0 Å². The van der Waals surface area contributed by atoms with Crippen LogP contribution in [0.1, 0.15) is 16.8 Å². The monoisotopic (exact) mass is 392 g/mol. The third kappa shape index (κ3) is 4.33. The van der Waals surface area contributed by atoms with E-state index in [9.17, 15) is 19.7 Å². The largest absolute Gasteiger partial charge is 0.465 e. The minimum Gasteiger partial charge on any atom is -0.465 e. The van der Waals surface area contributed by atoms with E-state index in [1.165, 1.54) is 19.2 Å². The summed E-state index contributed by atoms with van der Waals surface area (Å²) < 4.78 is 9.93. The summed E-state index contributed by atoms with van der Waals surface area (Å²) in [6.07, 6.45) is 0.700. The van der Waals surface area contributed by atoms with Crippen LogP contribution in [0.15, 0.2) is 18.2 Å². The molecule has 2 aliphatic rings. The number of ether oxygens (including phenoxy) is 2. The van der Waals surface area contributed by atoms with Crippen LogP contribution >= 0.6 is 0 Å². The molecule has 2 heterocycles. The van der Waals surface area contributed by atoms with Crippen molar-refractivity contribution in [1.29, 1.82) is 0 Å². The number of esters is 1. The van der Waals surface area contributed by atoms with E-state index in [4.69, 9.17) is 4.74 Å². The number of nitro groups is 1. The SMILES string of the molecule is COC(=O)c1ccc(N2CCCN(C(=O)N3CCOCC3)CC2)c([N+](=O)[O-])c1. The van der Waals surface area contributed by atoms with Gasteiger partial charge in [0.2, 0.25) is 0 Å². The van der Waals surface area contributed by atoms with E-state index in [1.54, 1.807) is 15.9 Å². The number of carbonyl (C=O) groups excluding carboxylic acids is 2. The van der Waals surface area contributed by atoms with E-state index in [0.717, 1.165) is 0 Å². The first-order chi connectivity index (χ1) is 13.5. The minimum absolute atomic E-state index is 0.0133. The van der Waals surface area contributed by atoms with Gasteiger partial charge < -0.3 is 24.2 Å². The number of carbonyl (C=O) groups is 2. The van der Waals surface area contributed by atoms with Crippen LogP contribution in [0.3, 0.4) is 0 Å². The first-order valence-electron chi connectivity index (χ1n) is 9.24. The highest BCUT2D eigenvalue weighted by Crippen LogP contribution is 2.30. The summed E-state index contributed by atoms with van der Waals surface area (Å²) in [5, 5.41) is 11.5. The molecule has 28 heavy (non-hydrogen) atoms. The van der Waals surface area contributed by atoms with Gasteiger partial charge in [0.05, 0.1) is 30.8 Å². The molecule has 0 spiro atoms. The lowest BCUT2D eigenvalue weighted by Gasteiger charge is -2.32. The van der Waals surface area contributed by atoms with Gasteiger partial charge in [-0.15, -0.1) is 0 Å². The van der Waals surface area contributed by atoms with Gasteiger partial charge in [-0.2, -0.15) is 0 Å². The fraction of sp³-hybridized carbons (Fsp3) is 0.556. The van der Waals surface area contributed by atoms with Crippen LogP contribution in [0.2, 0.25) is 0 Å². The molecule has 2 fully saturated rings. The van der Waals surface area contributed by atoms with Crippen LogP contribution in [-0.4, -0.2) is 86.3 Å². The van der Waals surface area contributed by atoms with Crippen molar-refractivity contribution in [3.05, 3.63) is 33.9 Å². The van der Waals surface area contributed by atoms with Gasteiger partial charge in [0, 0.05) is 45.3 Å². The maximum absolute atomic E-state index is 12.7. The predicted octanol–water partition coefficient (Wildman–Crippen LogP) is 1.35. The highest BCUT2D eigenvalue weighted by molar-refractivity contribution is 5.91. The van der Waals surface area contributed by atoms with Crippen molar-refractivity contribution in [2.24, 2.45) is 0 Å². The van der Waals surface area contributed by atoms with Gasteiger partial charge in [-0.1, -0.05) is 0 Å². The molecule has 0 aromatic heterocycles. The number of methoxy groups -OCH3 is 1. The van der Waals surface area contributed by atoms with E-state index in [-0.39, 0.29) is 17.3 Å². The van der Waals surface area contributed by atoms with Crippen LogP contribution < -0.4 is 4.90 Å². The average Bonchev–Trinajstić information content (AvgIpc) is 2.99. The Morgan fingerprint density at radius 1 is 1.07 bits per heavy atom. The van der Waals surface area contributed by atoms with Crippen LogP contribution in [0, 0.1) is 10.1 Å². The van der Waals surface area contributed by atoms with Crippen LogP contribution in [-0.2, 0) is 9.47 Å². The summed E-state index contributed by atoms with van der Waals surface area (Å²) in [7, 11) is 1.23. The van der Waals surface area contributed by atoms with E-state index >= 15 is 0 Å². The Hall–Kier alpha value is -2.88. The van der Waals surface area contributed by atoms with Crippen molar-refractivity contribution in [2.45, 2.75) is 6.42 Å². The van der Waals surface area contributed by atoms with Crippen molar-refractivity contribution < 1.29 is 24.0 Å². The second kappa shape index (κ2) is 8.87. The molecule has 0 N–H and O–H groups in total. The van der Waals surface area contributed by atoms with Gasteiger partial charge in [0.1, 0.15) is 5.69 Å². The lowest BCUT2D eigenvalue weighted by atomic mass is 10.1. The molecule has 10 heteroatoms. The number of hydrogen-bond acceptors (Lipinski definition) is 7. The maximum atomic E-state index is 12.7. The summed E-state index contributed by atoms with van der Waals surface area (Å²) in [4.78, 5) is 40.9. The lowest BCUT2D eigenvalue weighted by Crippen LogP contribution is -2.49. The molecular formula is C18H24N4O6. The lowest BCUT2D eigenvalue weighted by molar-refractivity contribution is -0.384. The number of amides is 2. The smallest absolute Gasteiger partial charge is 0.338 e. The summed E-state index contributed by atoms with van der Waals surface area (Å²) in [5.74, 6) is -0.618. The van der Waals surface area contributed by atoms with Gasteiger partial charge in [-0.3, -0.25) is 10.1 Å². The zero-order valence-electron chi connectivity index (χ0n) is 15.8. The second-order valence-corrected chi connectivity index (χ2v) is 6.66. The normalized spacial score (nSPS) is 17.8. The molecule has 2 aliphatic heterocycles. The Labute approximate surface area is 162 Å². The van der Waals surface area contributed by atoms with Gasteiger partial charge in [0.15, 0.2) is 0 Å². The Bertz CT molecular complexity index is 750. The van der Waals surface area contributed by atoms with E-state index in [1.807, 2.05) is 4.90 Å². The van der Waals surface area contributed by atoms with E-state index in [2.05, 4.69) is 4.74 Å². The molecule has 3 rings (SSSR count). The number of hydrogen-bond donors (Lipinski definition) is 0. The molecular weight excluding hydrogens is 368 g/mol. The molecule has 2 amide bonds. The molecule has 0 atom stereocenters. The van der Waals surface area contributed by atoms with Crippen LogP contribution in [0.5, 0.6) is 0 Å². The molecule has 1 aromatic carbocycles. The first kappa shape index (κ1) is 19.9. The van der Waals surface area contributed by atoms with Crippen molar-refractivity contribution >= 4 is 23.4 Å². The number of benzene rings is 1. The zero-order chi connectivity index (χ0) is 20.1. The Kier molecular flexibility index (Phi) is 6.30. The Balaban J connectivity index is 1.73. The molecule has 1 aromatic rings. The standard InChI is InChI=1S/C18H24N4O6/c1-27-17(23)14-3-4-15(16(13-14)22(25)26)19-5-2-6-20(8-7-19)18(24)21-9-11-28-12-10-21/h3-4,13H,2,5-12H2,1H3. The summed E-state index contributed by atoms with van der Waals surface area (Å²) in [6, 6.07) is 4.32. The van der Waals surface area contributed by atoms with Gasteiger partial charge >= 0.3 is 12.0 Å². The van der Waals surface area contributed by atoms with Crippen molar-refractivity contribution in [3.8, 4) is 0 Å².